The number of nitrogens with one attached hydrogen (secondary N) is 1. The second kappa shape index (κ2) is 7.83. The van der Waals surface area contributed by atoms with E-state index in [4.69, 9.17) is 4.42 Å². The van der Waals surface area contributed by atoms with Crippen LogP contribution < -0.4 is 5.32 Å². The summed E-state index contributed by atoms with van der Waals surface area (Å²) in [6.45, 7) is 2.50. The number of fused-ring (bicyclic) bond motifs is 2. The predicted octanol–water partition coefficient (Wildman–Crippen LogP) is 5.13. The molecule has 0 saturated carbocycles. The molecule has 0 fully saturated rings. The summed E-state index contributed by atoms with van der Waals surface area (Å²) in [4.78, 5) is 8.87. The van der Waals surface area contributed by atoms with Gasteiger partial charge < -0.3 is 9.73 Å². The molecule has 8 nitrogen and oxygen atoms in total. The number of hydrogen-bond acceptors (Lipinski definition) is 7. The van der Waals surface area contributed by atoms with E-state index in [1.54, 1.807) is 13.3 Å². The van der Waals surface area contributed by atoms with E-state index >= 15 is 0 Å². The van der Waals surface area contributed by atoms with Crippen molar-refractivity contribution < 1.29 is 4.42 Å². The molecule has 0 aliphatic heterocycles. The van der Waals surface area contributed by atoms with Crippen LogP contribution in [0, 0.1) is 6.92 Å². The minimum atomic E-state index is 0.473. The highest BCUT2D eigenvalue weighted by Crippen LogP contribution is 2.28. The van der Waals surface area contributed by atoms with Crippen LogP contribution in [0.4, 0.5) is 11.5 Å². The van der Waals surface area contributed by atoms with E-state index in [1.807, 2.05) is 53.3 Å². The maximum Gasteiger partial charge on any atom is 0.247 e. The number of benzene rings is 3. The first-order chi connectivity index (χ1) is 16.2. The molecule has 0 aliphatic carbocycles. The quantitative estimate of drug-likeness (QED) is 0.403. The van der Waals surface area contributed by atoms with Gasteiger partial charge in [-0.05, 0) is 42.0 Å². The summed E-state index contributed by atoms with van der Waals surface area (Å²) in [5.41, 5.74) is 4.83. The molecule has 6 rings (SSSR count). The van der Waals surface area contributed by atoms with Gasteiger partial charge in [0, 0.05) is 28.9 Å². The fraction of sp³-hybridized carbons (Fsp3) is 0.0800. The monoisotopic (exact) mass is 433 g/mol. The molecule has 3 heterocycles. The molecular formula is C25H19N7O. The van der Waals surface area contributed by atoms with E-state index in [0.29, 0.717) is 11.8 Å². The minimum Gasteiger partial charge on any atom is -0.421 e. The molecule has 8 heteroatoms. The highest BCUT2D eigenvalue weighted by atomic mass is 16.4. The zero-order valence-electron chi connectivity index (χ0n) is 17.8. The Kier molecular flexibility index (Phi) is 4.54. The first-order valence-electron chi connectivity index (χ1n) is 10.5. The molecule has 6 aromatic rings. The number of rotatable bonds is 5. The Bertz CT molecular complexity index is 1590. The zero-order valence-corrected chi connectivity index (χ0v) is 17.8. The first kappa shape index (κ1) is 19.1. The van der Waals surface area contributed by atoms with E-state index in [0.717, 1.165) is 45.4 Å². The van der Waals surface area contributed by atoms with Gasteiger partial charge >= 0.3 is 0 Å². The van der Waals surface area contributed by atoms with Crippen molar-refractivity contribution in [3.8, 4) is 11.5 Å². The molecule has 0 aliphatic rings. The Hall–Kier alpha value is -4.59. The lowest BCUT2D eigenvalue weighted by Crippen LogP contribution is -2.01. The van der Waals surface area contributed by atoms with Crippen molar-refractivity contribution in [2.45, 2.75) is 13.5 Å². The molecule has 33 heavy (non-hydrogen) atoms. The Morgan fingerprint density at radius 1 is 0.939 bits per heavy atom. The SMILES string of the molecule is Cc1nnc(-c2ccc3c(Nc4ccc5c(cnn5Cc5ccccc5)c4)ncnc3c2)o1. The van der Waals surface area contributed by atoms with Crippen molar-refractivity contribution in [2.24, 2.45) is 0 Å². The Morgan fingerprint density at radius 3 is 2.70 bits per heavy atom. The number of hydrogen-bond donors (Lipinski definition) is 1. The topological polar surface area (TPSA) is 94.6 Å². The normalized spacial score (nSPS) is 11.3. The fourth-order valence-electron chi connectivity index (χ4n) is 3.89. The summed E-state index contributed by atoms with van der Waals surface area (Å²) in [5.74, 6) is 1.72. The lowest BCUT2D eigenvalue weighted by Gasteiger charge is -2.09. The molecule has 0 saturated heterocycles. The number of aromatic nitrogens is 6. The molecular weight excluding hydrogens is 414 g/mol. The van der Waals surface area contributed by atoms with Crippen molar-refractivity contribution in [1.82, 2.24) is 29.9 Å². The maximum absolute atomic E-state index is 5.54. The summed E-state index contributed by atoms with van der Waals surface area (Å²) < 4.78 is 7.54. The summed E-state index contributed by atoms with van der Waals surface area (Å²) in [7, 11) is 0. The Morgan fingerprint density at radius 2 is 1.85 bits per heavy atom. The van der Waals surface area contributed by atoms with Crippen molar-refractivity contribution in [2.75, 3.05) is 5.32 Å². The lowest BCUT2D eigenvalue weighted by molar-refractivity contribution is 0.533. The summed E-state index contributed by atoms with van der Waals surface area (Å²) >= 11 is 0. The summed E-state index contributed by atoms with van der Waals surface area (Å²) in [6.07, 6.45) is 3.43. The molecule has 1 N–H and O–H groups in total. The third-order valence-corrected chi connectivity index (χ3v) is 5.49. The molecule has 0 radical (unpaired) electrons. The summed E-state index contributed by atoms with van der Waals surface area (Å²) in [6, 6.07) is 22.3. The molecule has 3 aromatic carbocycles. The van der Waals surface area contributed by atoms with E-state index in [1.165, 1.54) is 5.56 Å². The average molecular weight is 433 g/mol. The molecule has 0 spiro atoms. The second-order valence-corrected chi connectivity index (χ2v) is 7.77. The second-order valence-electron chi connectivity index (χ2n) is 7.77. The zero-order chi connectivity index (χ0) is 22.2. The average Bonchev–Trinajstić information content (AvgIpc) is 3.46. The van der Waals surface area contributed by atoms with Gasteiger partial charge in [-0.1, -0.05) is 30.3 Å². The Balaban J connectivity index is 1.30. The van der Waals surface area contributed by atoms with Crippen molar-refractivity contribution >= 4 is 33.3 Å². The van der Waals surface area contributed by atoms with E-state index in [9.17, 15) is 0 Å². The van der Waals surface area contributed by atoms with Crippen LogP contribution in [0.5, 0.6) is 0 Å². The minimum absolute atomic E-state index is 0.473. The number of nitrogens with zero attached hydrogens (tertiary/aromatic N) is 6. The van der Waals surface area contributed by atoms with Crippen LogP contribution in [-0.4, -0.2) is 29.9 Å². The number of anilines is 2. The van der Waals surface area contributed by atoms with Gasteiger partial charge in [-0.25, -0.2) is 9.97 Å². The molecule has 0 bridgehead atoms. The van der Waals surface area contributed by atoms with Crippen LogP contribution in [0.2, 0.25) is 0 Å². The predicted molar refractivity (Wildman–Crippen MR) is 126 cm³/mol. The fourth-order valence-corrected chi connectivity index (χ4v) is 3.89. The van der Waals surface area contributed by atoms with Crippen LogP contribution in [0.25, 0.3) is 33.3 Å². The van der Waals surface area contributed by atoms with Gasteiger partial charge in [0.15, 0.2) is 0 Å². The number of aryl methyl sites for hydroxylation is 1. The van der Waals surface area contributed by atoms with Crippen LogP contribution >= 0.6 is 0 Å². The maximum atomic E-state index is 5.54. The van der Waals surface area contributed by atoms with Gasteiger partial charge in [0.1, 0.15) is 12.1 Å². The van der Waals surface area contributed by atoms with Crippen molar-refractivity contribution in [3.63, 3.8) is 0 Å². The van der Waals surface area contributed by atoms with Gasteiger partial charge in [-0.2, -0.15) is 5.10 Å². The van der Waals surface area contributed by atoms with Gasteiger partial charge in [-0.15, -0.1) is 10.2 Å². The smallest absolute Gasteiger partial charge is 0.247 e. The lowest BCUT2D eigenvalue weighted by atomic mass is 10.1. The summed E-state index contributed by atoms with van der Waals surface area (Å²) in [5, 5.41) is 17.9. The van der Waals surface area contributed by atoms with Gasteiger partial charge in [0.2, 0.25) is 11.8 Å². The van der Waals surface area contributed by atoms with Crippen LogP contribution in [0.15, 0.2) is 83.7 Å². The molecule has 0 atom stereocenters. The van der Waals surface area contributed by atoms with Gasteiger partial charge in [-0.3, -0.25) is 4.68 Å². The highest BCUT2D eigenvalue weighted by Gasteiger charge is 2.11. The van der Waals surface area contributed by atoms with Crippen LogP contribution in [0.3, 0.4) is 0 Å². The molecule has 0 unspecified atom stereocenters. The Labute approximate surface area is 188 Å². The molecule has 0 amide bonds. The van der Waals surface area contributed by atoms with E-state index in [-0.39, 0.29) is 0 Å². The molecule has 3 aromatic heterocycles. The third kappa shape index (κ3) is 3.67. The standard InChI is InChI=1S/C25H19N7O/c1-16-30-31-25(33-16)18-7-9-21-22(12-18)26-15-27-24(21)29-20-8-10-23-19(11-20)13-28-32(23)14-17-5-3-2-4-6-17/h2-13,15H,14H2,1H3,(H,26,27,29). The van der Waals surface area contributed by atoms with Gasteiger partial charge in [0.05, 0.1) is 23.8 Å². The van der Waals surface area contributed by atoms with E-state index < -0.39 is 0 Å². The van der Waals surface area contributed by atoms with Crippen LogP contribution in [-0.2, 0) is 6.54 Å². The van der Waals surface area contributed by atoms with Gasteiger partial charge in [0.25, 0.3) is 0 Å². The van der Waals surface area contributed by atoms with Crippen molar-refractivity contribution in [3.05, 3.63) is 90.7 Å². The first-order valence-corrected chi connectivity index (χ1v) is 10.5. The highest BCUT2D eigenvalue weighted by molar-refractivity contribution is 5.93. The third-order valence-electron chi connectivity index (χ3n) is 5.49. The van der Waals surface area contributed by atoms with Crippen LogP contribution in [0.1, 0.15) is 11.5 Å². The van der Waals surface area contributed by atoms with Crippen molar-refractivity contribution in [1.29, 1.82) is 0 Å². The largest absolute Gasteiger partial charge is 0.421 e. The van der Waals surface area contributed by atoms with E-state index in [2.05, 4.69) is 54.8 Å². The molecule has 160 valence electrons.